The fraction of sp³-hybridized carbons (Fsp3) is 0.333. The van der Waals surface area contributed by atoms with Crippen LogP contribution in [0.2, 0.25) is 0 Å². The molecule has 0 spiro atoms. The summed E-state index contributed by atoms with van der Waals surface area (Å²) in [5.41, 5.74) is -1.23. The highest BCUT2D eigenvalue weighted by Crippen LogP contribution is 2.17. The summed E-state index contributed by atoms with van der Waals surface area (Å²) in [5.74, 6) is -5.63. The molecule has 8 heteroatoms. The van der Waals surface area contributed by atoms with Gasteiger partial charge < -0.3 is 13.9 Å². The van der Waals surface area contributed by atoms with E-state index in [1.807, 2.05) is 13.8 Å². The van der Waals surface area contributed by atoms with E-state index in [4.69, 9.17) is 13.9 Å². The lowest BCUT2D eigenvalue weighted by Crippen LogP contribution is -2.12. The summed E-state index contributed by atoms with van der Waals surface area (Å²) in [7, 11) is 0. The van der Waals surface area contributed by atoms with E-state index in [9.17, 15) is 22.8 Å². The van der Waals surface area contributed by atoms with Crippen molar-refractivity contribution in [2.45, 2.75) is 26.9 Å². The number of hydrogen-bond acceptors (Lipinski definition) is 5. The average molecular weight is 370 g/mol. The van der Waals surface area contributed by atoms with Crippen molar-refractivity contribution in [3.63, 3.8) is 0 Å². The molecule has 0 saturated heterocycles. The minimum absolute atomic E-state index is 0.0115. The highest BCUT2D eigenvalue weighted by atomic mass is 19.2. The minimum Gasteiger partial charge on any atom is -0.487 e. The number of carbonyl (C=O) groups excluding carboxylic acids is 1. The number of rotatable bonds is 7. The predicted octanol–water partition coefficient (Wildman–Crippen LogP) is 3.84. The zero-order valence-electron chi connectivity index (χ0n) is 14.2. The first-order chi connectivity index (χ1) is 12.3. The number of ether oxygens (including phenoxy) is 2. The third-order valence-corrected chi connectivity index (χ3v) is 3.41. The molecule has 2 aromatic rings. The lowest BCUT2D eigenvalue weighted by molar-refractivity contribution is 0.0435. The lowest BCUT2D eigenvalue weighted by atomic mass is 10.1. The van der Waals surface area contributed by atoms with E-state index < -0.39 is 41.0 Å². The molecular weight excluding hydrogens is 353 g/mol. The van der Waals surface area contributed by atoms with Crippen LogP contribution in [-0.2, 0) is 11.3 Å². The van der Waals surface area contributed by atoms with Gasteiger partial charge in [-0.1, -0.05) is 13.8 Å². The molecule has 0 radical (unpaired) electrons. The van der Waals surface area contributed by atoms with Crippen LogP contribution in [0.5, 0.6) is 5.75 Å². The number of esters is 1. The summed E-state index contributed by atoms with van der Waals surface area (Å²) >= 11 is 0. The Labute approximate surface area is 147 Å². The van der Waals surface area contributed by atoms with Crippen LogP contribution in [0.1, 0.15) is 36.4 Å². The third kappa shape index (κ3) is 4.87. The van der Waals surface area contributed by atoms with Crippen LogP contribution in [0.4, 0.5) is 13.2 Å². The van der Waals surface area contributed by atoms with Gasteiger partial charge in [-0.3, -0.25) is 4.79 Å². The number of halogens is 3. The van der Waals surface area contributed by atoms with Gasteiger partial charge in [0.1, 0.15) is 18.6 Å². The zero-order valence-corrected chi connectivity index (χ0v) is 14.2. The summed E-state index contributed by atoms with van der Waals surface area (Å²) in [4.78, 5) is 23.7. The minimum atomic E-state index is -1.77. The lowest BCUT2D eigenvalue weighted by Gasteiger charge is -2.08. The first-order valence-electron chi connectivity index (χ1n) is 7.84. The van der Waals surface area contributed by atoms with Crippen LogP contribution in [0.3, 0.4) is 0 Å². The van der Waals surface area contributed by atoms with Gasteiger partial charge in [0, 0.05) is 6.07 Å². The SMILES string of the molecule is CC(C)CCOc1coc(COC(=O)c2ccc(F)c(F)c2F)cc1=O. The highest BCUT2D eigenvalue weighted by Gasteiger charge is 2.20. The molecule has 26 heavy (non-hydrogen) atoms. The second-order valence-electron chi connectivity index (χ2n) is 5.90. The Balaban J connectivity index is 1.99. The van der Waals surface area contributed by atoms with Crippen molar-refractivity contribution in [3.05, 3.63) is 63.5 Å². The maximum absolute atomic E-state index is 13.5. The van der Waals surface area contributed by atoms with E-state index in [1.165, 1.54) is 0 Å². The average Bonchev–Trinajstić information content (AvgIpc) is 2.59. The van der Waals surface area contributed by atoms with Gasteiger partial charge in [-0.05, 0) is 24.5 Å². The van der Waals surface area contributed by atoms with E-state index in [-0.39, 0.29) is 11.5 Å². The largest absolute Gasteiger partial charge is 0.487 e. The fourth-order valence-corrected chi connectivity index (χ4v) is 1.92. The Hall–Kier alpha value is -2.77. The van der Waals surface area contributed by atoms with E-state index in [0.717, 1.165) is 24.8 Å². The Bertz CT molecular complexity index is 845. The predicted molar refractivity (Wildman–Crippen MR) is 85.4 cm³/mol. The molecule has 0 bridgehead atoms. The molecule has 5 nitrogen and oxygen atoms in total. The molecular formula is C18H17F3O5. The van der Waals surface area contributed by atoms with E-state index in [1.54, 1.807) is 0 Å². The van der Waals surface area contributed by atoms with Crippen LogP contribution < -0.4 is 10.2 Å². The molecule has 0 aliphatic carbocycles. The molecule has 0 saturated carbocycles. The van der Waals surface area contributed by atoms with Crippen LogP contribution >= 0.6 is 0 Å². The molecule has 1 heterocycles. The van der Waals surface area contributed by atoms with Gasteiger partial charge in [0.25, 0.3) is 0 Å². The standard InChI is InChI=1S/C18H17F3O5/c1-10(2)5-6-24-15-9-25-11(7-14(15)22)8-26-18(23)12-3-4-13(19)17(21)16(12)20/h3-4,7,9-10H,5-6,8H2,1-2H3. The highest BCUT2D eigenvalue weighted by molar-refractivity contribution is 5.89. The molecule has 0 amide bonds. The smallest absolute Gasteiger partial charge is 0.341 e. The number of carbonyl (C=O) groups is 1. The third-order valence-electron chi connectivity index (χ3n) is 3.41. The molecule has 0 aliphatic heterocycles. The maximum atomic E-state index is 13.5. The van der Waals surface area contributed by atoms with E-state index in [2.05, 4.69) is 0 Å². The van der Waals surface area contributed by atoms with Crippen molar-refractivity contribution >= 4 is 5.97 Å². The molecule has 1 aromatic carbocycles. The fourth-order valence-electron chi connectivity index (χ4n) is 1.92. The first kappa shape index (κ1) is 19.6. The van der Waals surface area contributed by atoms with Crippen molar-refractivity contribution in [2.24, 2.45) is 5.92 Å². The summed E-state index contributed by atoms with van der Waals surface area (Å²) in [6, 6.07) is 2.44. The maximum Gasteiger partial charge on any atom is 0.341 e. The topological polar surface area (TPSA) is 65.7 Å². The van der Waals surface area contributed by atoms with Gasteiger partial charge in [0.2, 0.25) is 11.2 Å². The van der Waals surface area contributed by atoms with Gasteiger partial charge in [0.15, 0.2) is 17.5 Å². The monoisotopic (exact) mass is 370 g/mol. The van der Waals surface area contributed by atoms with Gasteiger partial charge in [-0.25, -0.2) is 18.0 Å². The van der Waals surface area contributed by atoms with Crippen LogP contribution in [-0.4, -0.2) is 12.6 Å². The van der Waals surface area contributed by atoms with Crippen molar-refractivity contribution in [2.75, 3.05) is 6.61 Å². The van der Waals surface area contributed by atoms with Gasteiger partial charge >= 0.3 is 5.97 Å². The summed E-state index contributed by atoms with van der Waals surface area (Å²) < 4.78 is 54.7. The summed E-state index contributed by atoms with van der Waals surface area (Å²) in [6.07, 6.45) is 1.85. The first-order valence-corrected chi connectivity index (χ1v) is 7.84. The Morgan fingerprint density at radius 3 is 2.58 bits per heavy atom. The van der Waals surface area contributed by atoms with E-state index >= 15 is 0 Å². The van der Waals surface area contributed by atoms with Crippen LogP contribution in [0, 0.1) is 23.4 Å². The normalized spacial score (nSPS) is 10.8. The molecule has 0 aliphatic rings. The summed E-state index contributed by atoms with van der Waals surface area (Å²) in [5, 5.41) is 0. The van der Waals surface area contributed by atoms with Gasteiger partial charge in [-0.2, -0.15) is 0 Å². The van der Waals surface area contributed by atoms with Crippen molar-refractivity contribution in [1.82, 2.24) is 0 Å². The Kier molecular flexibility index (Phi) is 6.43. The summed E-state index contributed by atoms with van der Waals surface area (Å²) in [6.45, 7) is 3.89. The molecule has 2 rings (SSSR count). The van der Waals surface area contributed by atoms with Gasteiger partial charge in [0.05, 0.1) is 12.2 Å². The molecule has 1 aromatic heterocycles. The Morgan fingerprint density at radius 1 is 1.19 bits per heavy atom. The van der Waals surface area contributed by atoms with Crippen LogP contribution in [0.15, 0.2) is 33.7 Å². The van der Waals surface area contributed by atoms with Gasteiger partial charge in [-0.15, -0.1) is 0 Å². The molecule has 140 valence electrons. The molecule has 0 atom stereocenters. The quantitative estimate of drug-likeness (QED) is 0.547. The Morgan fingerprint density at radius 2 is 1.92 bits per heavy atom. The molecule has 0 N–H and O–H groups in total. The second kappa shape index (κ2) is 8.55. The zero-order chi connectivity index (χ0) is 19.3. The second-order valence-corrected chi connectivity index (χ2v) is 5.90. The molecule has 0 fully saturated rings. The van der Waals surface area contributed by atoms with Crippen LogP contribution in [0.25, 0.3) is 0 Å². The van der Waals surface area contributed by atoms with E-state index in [0.29, 0.717) is 18.6 Å². The van der Waals surface area contributed by atoms with Crippen molar-refractivity contribution < 1.29 is 31.9 Å². The molecule has 0 unspecified atom stereocenters. The van der Waals surface area contributed by atoms with Crippen molar-refractivity contribution in [3.8, 4) is 5.75 Å². The number of hydrogen-bond donors (Lipinski definition) is 0. The van der Waals surface area contributed by atoms with Crippen molar-refractivity contribution in [1.29, 1.82) is 0 Å². The number of benzene rings is 1.